The molecule has 1 aromatic rings. The van der Waals surface area contributed by atoms with E-state index in [1.807, 2.05) is 0 Å². The predicted octanol–water partition coefficient (Wildman–Crippen LogP) is 4.75. The molecule has 0 aromatic carbocycles. The zero-order chi connectivity index (χ0) is 21.1. The fourth-order valence-corrected chi connectivity index (χ4v) is 2.68. The third-order valence-corrected chi connectivity index (χ3v) is 4.67. The molecule has 6 heteroatoms. The predicted molar refractivity (Wildman–Crippen MR) is 111 cm³/mol. The first-order valence-electron chi connectivity index (χ1n) is 10.4. The number of unbranched alkanes of at least 4 members (excludes halogenated alkanes) is 8. The van der Waals surface area contributed by atoms with Crippen LogP contribution in [0.5, 0.6) is 0 Å². The Kier molecular flexibility index (Phi) is 14.7. The van der Waals surface area contributed by atoms with Crippen LogP contribution in [0.1, 0.15) is 77.2 Å². The van der Waals surface area contributed by atoms with Gasteiger partial charge in [0, 0.05) is 12.1 Å². The van der Waals surface area contributed by atoms with Gasteiger partial charge in [0.05, 0.1) is 0 Å². The molecule has 0 fully saturated rings. The Labute approximate surface area is 170 Å². The average molecular weight is 377 g/mol. The highest BCUT2D eigenvalue weighted by atomic mass is 14.9. The molecule has 0 spiro atoms. The van der Waals surface area contributed by atoms with Crippen molar-refractivity contribution in [3.05, 3.63) is 30.1 Å². The monoisotopic (exact) mass is 377 g/mol. The van der Waals surface area contributed by atoms with Crippen LogP contribution in [0.15, 0.2) is 24.5 Å². The number of nitriles is 4. The van der Waals surface area contributed by atoms with Crippen molar-refractivity contribution in [2.45, 2.75) is 84.6 Å². The maximum Gasteiger partial charge on any atom is 0.383 e. The Morgan fingerprint density at radius 2 is 1.14 bits per heavy atom. The summed E-state index contributed by atoms with van der Waals surface area (Å²) in [6, 6.07) is 4.54. The SMILES string of the molecule is CCCCCCCCCCCc1cc[n+](CC)cc1.N#C[B-](C#N)(C#N)C#N. The number of hydrogen-bond donors (Lipinski definition) is 0. The lowest BCUT2D eigenvalue weighted by Gasteiger charge is -2.02. The molecule has 0 saturated heterocycles. The van der Waals surface area contributed by atoms with Crippen molar-refractivity contribution < 1.29 is 4.57 Å². The molecule has 0 unspecified atom stereocenters. The van der Waals surface area contributed by atoms with Crippen molar-refractivity contribution in [1.29, 1.82) is 21.0 Å². The highest BCUT2D eigenvalue weighted by Gasteiger charge is 2.22. The molecule has 0 aliphatic rings. The standard InChI is InChI=1S/C18H32N.C4BN4/c1-3-5-6-7-8-9-10-11-12-13-18-14-16-19(4-2)17-15-18;6-1-5(2-7,3-8)4-9/h14-17H,3-13H2,1-2H3;/q+1;-1. The molecule has 0 atom stereocenters. The summed E-state index contributed by atoms with van der Waals surface area (Å²) in [5, 5.41) is 32.3. The Hall–Kier alpha value is -2.83. The molecule has 1 rings (SSSR count). The van der Waals surface area contributed by atoms with E-state index in [1.54, 1.807) is 0 Å². The van der Waals surface area contributed by atoms with Crippen molar-refractivity contribution in [1.82, 2.24) is 0 Å². The van der Waals surface area contributed by atoms with Gasteiger partial charge in [-0.1, -0.05) is 58.3 Å². The van der Waals surface area contributed by atoms with Crippen molar-refractivity contribution in [2.24, 2.45) is 0 Å². The van der Waals surface area contributed by atoms with E-state index in [4.69, 9.17) is 21.0 Å². The Morgan fingerprint density at radius 3 is 1.50 bits per heavy atom. The maximum absolute atomic E-state index is 8.09. The molecule has 28 heavy (non-hydrogen) atoms. The van der Waals surface area contributed by atoms with E-state index < -0.39 is 6.15 Å². The minimum absolute atomic E-state index is 1.07. The van der Waals surface area contributed by atoms with Gasteiger partial charge in [-0.25, -0.2) is 25.6 Å². The van der Waals surface area contributed by atoms with Crippen LogP contribution in [0.4, 0.5) is 0 Å². The van der Waals surface area contributed by atoms with Crippen molar-refractivity contribution >= 4 is 6.15 Å². The van der Waals surface area contributed by atoms with Crippen molar-refractivity contribution in [3.8, 4) is 23.9 Å². The first-order chi connectivity index (χ1) is 13.6. The van der Waals surface area contributed by atoms with Crippen LogP contribution >= 0.6 is 0 Å². The van der Waals surface area contributed by atoms with Gasteiger partial charge in [-0.15, -0.1) is 23.9 Å². The molecule has 1 heterocycles. The van der Waals surface area contributed by atoms with Crippen LogP contribution in [0.3, 0.4) is 0 Å². The lowest BCUT2D eigenvalue weighted by atomic mass is 9.30. The summed E-state index contributed by atoms with van der Waals surface area (Å²) in [7, 11) is 0. The molecule has 0 aliphatic carbocycles. The van der Waals surface area contributed by atoms with Crippen LogP contribution in [0.2, 0.25) is 0 Å². The summed E-state index contributed by atoms with van der Waals surface area (Å²) >= 11 is 0. The number of aryl methyl sites for hydroxylation is 2. The van der Waals surface area contributed by atoms with Crippen LogP contribution in [-0.2, 0) is 13.0 Å². The van der Waals surface area contributed by atoms with E-state index in [0.717, 1.165) is 6.54 Å². The molecule has 1 aromatic heterocycles. The average Bonchev–Trinajstić information content (AvgIpc) is 2.75. The van der Waals surface area contributed by atoms with E-state index in [-0.39, 0.29) is 0 Å². The summed E-state index contributed by atoms with van der Waals surface area (Å²) in [4.78, 5) is 0. The minimum atomic E-state index is -2.72. The van der Waals surface area contributed by atoms with Gasteiger partial charge in [0.1, 0.15) is 6.54 Å². The first-order valence-corrected chi connectivity index (χ1v) is 10.4. The Balaban J connectivity index is 0.000000684. The van der Waals surface area contributed by atoms with Gasteiger partial charge < -0.3 is 0 Å². The second-order valence-electron chi connectivity index (χ2n) is 7.00. The van der Waals surface area contributed by atoms with Gasteiger partial charge in [-0.3, -0.25) is 0 Å². The quantitative estimate of drug-likeness (QED) is 0.315. The fourth-order valence-electron chi connectivity index (χ4n) is 2.68. The largest absolute Gasteiger partial charge is 0.383 e. The van der Waals surface area contributed by atoms with E-state index in [2.05, 4.69) is 42.9 Å². The smallest absolute Gasteiger partial charge is 0.245 e. The van der Waals surface area contributed by atoms with Gasteiger partial charge in [-0.05, 0) is 25.3 Å². The molecular weight excluding hydrogens is 345 g/mol. The van der Waals surface area contributed by atoms with Crippen LogP contribution in [0, 0.1) is 44.9 Å². The van der Waals surface area contributed by atoms with E-state index >= 15 is 0 Å². The van der Waals surface area contributed by atoms with Crippen molar-refractivity contribution in [3.63, 3.8) is 0 Å². The van der Waals surface area contributed by atoms with Crippen LogP contribution < -0.4 is 4.57 Å². The number of aromatic nitrogens is 1. The Morgan fingerprint density at radius 1 is 0.714 bits per heavy atom. The summed E-state index contributed by atoms with van der Waals surface area (Å²) in [6.45, 7) is 5.53. The first kappa shape index (κ1) is 25.2. The van der Waals surface area contributed by atoms with E-state index in [0.29, 0.717) is 0 Å². The van der Waals surface area contributed by atoms with Gasteiger partial charge in [0.15, 0.2) is 12.4 Å². The number of pyridine rings is 1. The third kappa shape index (κ3) is 11.0. The molecule has 0 bridgehead atoms. The zero-order valence-electron chi connectivity index (χ0n) is 17.4. The number of hydrogen-bond acceptors (Lipinski definition) is 4. The van der Waals surface area contributed by atoms with Crippen molar-refractivity contribution in [2.75, 3.05) is 0 Å². The highest BCUT2D eigenvalue weighted by Crippen LogP contribution is 2.11. The zero-order valence-corrected chi connectivity index (χ0v) is 17.4. The normalized spacial score (nSPS) is 9.79. The molecule has 0 N–H and O–H groups in total. The molecule has 0 amide bonds. The lowest BCUT2D eigenvalue weighted by molar-refractivity contribution is -0.693. The van der Waals surface area contributed by atoms with Gasteiger partial charge in [0.25, 0.3) is 0 Å². The number of nitrogens with zero attached hydrogens (tertiary/aromatic N) is 5. The maximum atomic E-state index is 8.09. The second-order valence-corrected chi connectivity index (χ2v) is 7.00. The van der Waals surface area contributed by atoms with Gasteiger partial charge in [0.2, 0.25) is 0 Å². The minimum Gasteiger partial charge on any atom is -0.245 e. The van der Waals surface area contributed by atoms with E-state index in [1.165, 1.54) is 93.6 Å². The fraction of sp³-hybridized carbons (Fsp3) is 0.591. The van der Waals surface area contributed by atoms with Crippen LogP contribution in [-0.4, -0.2) is 6.15 Å². The summed E-state index contributed by atoms with van der Waals surface area (Å²) in [6.07, 6.45) is 15.7. The molecular formula is C22H32BN5. The van der Waals surface area contributed by atoms with Crippen LogP contribution in [0.25, 0.3) is 0 Å². The summed E-state index contributed by atoms with van der Waals surface area (Å²) < 4.78 is 2.22. The molecule has 5 nitrogen and oxygen atoms in total. The highest BCUT2D eigenvalue weighted by molar-refractivity contribution is 7.05. The summed E-state index contributed by atoms with van der Waals surface area (Å²) in [5.74, 6) is 5.38. The van der Waals surface area contributed by atoms with Gasteiger partial charge >= 0.3 is 6.15 Å². The van der Waals surface area contributed by atoms with E-state index in [9.17, 15) is 0 Å². The molecule has 0 aliphatic heterocycles. The second kappa shape index (κ2) is 16.4. The third-order valence-electron chi connectivity index (χ3n) is 4.67. The molecule has 0 saturated carbocycles. The Bertz CT molecular complexity index is 639. The molecule has 0 radical (unpaired) electrons. The lowest BCUT2D eigenvalue weighted by Crippen LogP contribution is -2.30. The molecule has 148 valence electrons. The topological polar surface area (TPSA) is 99.0 Å². The van der Waals surface area contributed by atoms with Gasteiger partial charge in [-0.2, -0.15) is 0 Å². The number of rotatable bonds is 11. The summed E-state index contributed by atoms with van der Waals surface area (Å²) in [5.41, 5.74) is 1.49.